The predicted octanol–water partition coefficient (Wildman–Crippen LogP) is 2.78. The molecule has 0 N–H and O–H groups in total. The van der Waals surface area contributed by atoms with E-state index in [2.05, 4.69) is 36.0 Å². The van der Waals surface area contributed by atoms with Gasteiger partial charge in [0.15, 0.2) is 0 Å². The Morgan fingerprint density at radius 2 is 1.95 bits per heavy atom. The van der Waals surface area contributed by atoms with Crippen molar-refractivity contribution in [2.24, 2.45) is 0 Å². The van der Waals surface area contributed by atoms with Gasteiger partial charge in [-0.2, -0.15) is 0 Å². The highest BCUT2D eigenvalue weighted by Gasteiger charge is 2.29. The number of rotatable bonds is 2. The van der Waals surface area contributed by atoms with Gasteiger partial charge >= 0.3 is 0 Å². The average molecular weight is 269 g/mol. The summed E-state index contributed by atoms with van der Waals surface area (Å²) in [5.41, 5.74) is 1.20. The Bertz CT molecular complexity index is 650. The molecule has 0 saturated carbocycles. The minimum atomic E-state index is 0.0497. The van der Waals surface area contributed by atoms with E-state index in [1.807, 2.05) is 22.8 Å². The van der Waals surface area contributed by atoms with Gasteiger partial charge in [0.25, 0.3) is 5.56 Å². The van der Waals surface area contributed by atoms with Crippen molar-refractivity contribution >= 4 is 5.69 Å². The molecule has 0 bridgehead atoms. The molecule has 0 fully saturated rings. The van der Waals surface area contributed by atoms with Crippen LogP contribution in [0, 0.1) is 0 Å². The molecule has 0 saturated heterocycles. The molecular weight excluding hydrogens is 250 g/mol. The number of anilines is 1. The quantitative estimate of drug-likeness (QED) is 0.841. The lowest BCUT2D eigenvalue weighted by atomic mass is 9.99. The molecule has 2 heterocycles. The Kier molecular flexibility index (Phi) is 3.30. The number of hydrogen-bond acceptors (Lipinski definition) is 3. The van der Waals surface area contributed by atoms with Crippen molar-refractivity contribution in [1.82, 2.24) is 9.55 Å². The molecule has 0 radical (unpaired) electrons. The number of para-hydroxylation sites is 1. The van der Waals surface area contributed by atoms with Gasteiger partial charge in [-0.15, -0.1) is 0 Å². The zero-order chi connectivity index (χ0) is 14.1. The van der Waals surface area contributed by atoms with Crippen LogP contribution in [-0.2, 0) is 0 Å². The zero-order valence-corrected chi connectivity index (χ0v) is 11.9. The van der Waals surface area contributed by atoms with Crippen molar-refractivity contribution in [3.05, 3.63) is 58.8 Å². The highest BCUT2D eigenvalue weighted by molar-refractivity contribution is 5.47. The van der Waals surface area contributed by atoms with Gasteiger partial charge in [-0.25, -0.2) is 4.98 Å². The summed E-state index contributed by atoms with van der Waals surface area (Å²) < 4.78 is 1.84. The molecule has 0 aliphatic carbocycles. The number of aromatic nitrogens is 2. The normalized spacial score (nSPS) is 21.3. The van der Waals surface area contributed by atoms with E-state index in [-0.39, 0.29) is 17.6 Å². The van der Waals surface area contributed by atoms with E-state index in [1.54, 1.807) is 12.3 Å². The summed E-state index contributed by atoms with van der Waals surface area (Å²) >= 11 is 0. The highest BCUT2D eigenvalue weighted by atomic mass is 16.1. The fourth-order valence-electron chi connectivity index (χ4n) is 2.99. The van der Waals surface area contributed by atoms with E-state index in [0.29, 0.717) is 0 Å². The third-order valence-corrected chi connectivity index (χ3v) is 4.14. The summed E-state index contributed by atoms with van der Waals surface area (Å²) in [5.74, 6) is 0.877. The standard InChI is InChI=1S/C16H19N3O/c1-12-8-9-14(16-17-11-10-15(20)19(12)16)18(2)13-6-4-3-5-7-13/h3-7,10-12,14H,8-9H2,1-2H3. The second-order valence-electron chi connectivity index (χ2n) is 5.40. The first-order valence-corrected chi connectivity index (χ1v) is 7.04. The Hall–Kier alpha value is -2.10. The van der Waals surface area contributed by atoms with Gasteiger partial charge < -0.3 is 4.90 Å². The molecule has 0 amide bonds. The van der Waals surface area contributed by atoms with Crippen LogP contribution >= 0.6 is 0 Å². The van der Waals surface area contributed by atoms with Crippen molar-refractivity contribution in [1.29, 1.82) is 0 Å². The van der Waals surface area contributed by atoms with E-state index in [4.69, 9.17) is 0 Å². The molecular formula is C16H19N3O. The first kappa shape index (κ1) is 12.9. The van der Waals surface area contributed by atoms with Crippen molar-refractivity contribution in [3.63, 3.8) is 0 Å². The summed E-state index contributed by atoms with van der Waals surface area (Å²) in [7, 11) is 2.07. The van der Waals surface area contributed by atoms with Gasteiger partial charge in [0.2, 0.25) is 0 Å². The first-order valence-electron chi connectivity index (χ1n) is 7.04. The lowest BCUT2D eigenvalue weighted by Gasteiger charge is -2.36. The summed E-state index contributed by atoms with van der Waals surface area (Å²) in [4.78, 5) is 18.8. The molecule has 2 atom stereocenters. The van der Waals surface area contributed by atoms with Crippen LogP contribution < -0.4 is 10.5 Å². The molecule has 4 nitrogen and oxygen atoms in total. The van der Waals surface area contributed by atoms with Crippen LogP contribution in [0.3, 0.4) is 0 Å². The summed E-state index contributed by atoms with van der Waals surface area (Å²) in [5, 5.41) is 0. The second kappa shape index (κ2) is 5.12. The SMILES string of the molecule is CC1CCC(N(C)c2ccccc2)c2nccc(=O)n21. The van der Waals surface area contributed by atoms with Crippen LogP contribution in [-0.4, -0.2) is 16.6 Å². The van der Waals surface area contributed by atoms with Gasteiger partial charge in [-0.1, -0.05) is 18.2 Å². The molecule has 1 aliphatic heterocycles. The van der Waals surface area contributed by atoms with Crippen LogP contribution in [0.2, 0.25) is 0 Å². The van der Waals surface area contributed by atoms with Crippen molar-refractivity contribution in [3.8, 4) is 0 Å². The molecule has 1 aliphatic rings. The highest BCUT2D eigenvalue weighted by Crippen LogP contribution is 2.34. The maximum Gasteiger partial charge on any atom is 0.253 e. The maximum atomic E-state index is 12.1. The van der Waals surface area contributed by atoms with E-state index < -0.39 is 0 Å². The van der Waals surface area contributed by atoms with Gasteiger partial charge in [0.1, 0.15) is 5.82 Å². The number of benzene rings is 1. The number of nitrogens with zero attached hydrogens (tertiary/aromatic N) is 3. The van der Waals surface area contributed by atoms with Crippen molar-refractivity contribution in [2.45, 2.75) is 31.8 Å². The molecule has 1 aromatic heterocycles. The second-order valence-corrected chi connectivity index (χ2v) is 5.40. The van der Waals surface area contributed by atoms with Crippen LogP contribution in [0.25, 0.3) is 0 Å². The van der Waals surface area contributed by atoms with E-state index in [9.17, 15) is 4.79 Å². The van der Waals surface area contributed by atoms with Gasteiger partial charge in [0.05, 0.1) is 6.04 Å². The van der Waals surface area contributed by atoms with E-state index in [1.165, 1.54) is 0 Å². The molecule has 2 aromatic rings. The predicted molar refractivity (Wildman–Crippen MR) is 80.0 cm³/mol. The molecule has 2 unspecified atom stereocenters. The van der Waals surface area contributed by atoms with Gasteiger partial charge in [-0.3, -0.25) is 9.36 Å². The average Bonchev–Trinajstić information content (AvgIpc) is 2.48. The topological polar surface area (TPSA) is 38.1 Å². The fourth-order valence-corrected chi connectivity index (χ4v) is 2.99. The third-order valence-electron chi connectivity index (χ3n) is 4.14. The summed E-state index contributed by atoms with van der Waals surface area (Å²) in [6, 6.07) is 12.2. The zero-order valence-electron chi connectivity index (χ0n) is 11.9. The van der Waals surface area contributed by atoms with Crippen LogP contribution in [0.5, 0.6) is 0 Å². The molecule has 0 spiro atoms. The Morgan fingerprint density at radius 1 is 1.20 bits per heavy atom. The molecule has 4 heteroatoms. The third kappa shape index (κ3) is 2.11. The molecule has 20 heavy (non-hydrogen) atoms. The lowest BCUT2D eigenvalue weighted by Crippen LogP contribution is -2.38. The van der Waals surface area contributed by atoms with Crippen LogP contribution in [0.15, 0.2) is 47.4 Å². The Balaban J connectivity index is 2.03. The van der Waals surface area contributed by atoms with Crippen molar-refractivity contribution in [2.75, 3.05) is 11.9 Å². The number of hydrogen-bond donors (Lipinski definition) is 0. The monoisotopic (exact) mass is 269 g/mol. The summed E-state index contributed by atoms with van der Waals surface area (Å²) in [6.45, 7) is 2.09. The Morgan fingerprint density at radius 3 is 2.70 bits per heavy atom. The van der Waals surface area contributed by atoms with Gasteiger partial charge in [-0.05, 0) is 31.9 Å². The Labute approximate surface area is 118 Å². The van der Waals surface area contributed by atoms with Crippen molar-refractivity contribution < 1.29 is 0 Å². The molecule has 3 rings (SSSR count). The minimum Gasteiger partial charge on any atom is -0.364 e. The number of fused-ring (bicyclic) bond motifs is 1. The maximum absolute atomic E-state index is 12.1. The van der Waals surface area contributed by atoms with Crippen LogP contribution in [0.4, 0.5) is 5.69 Å². The van der Waals surface area contributed by atoms with Gasteiger partial charge in [0, 0.05) is 31.0 Å². The van der Waals surface area contributed by atoms with E-state index in [0.717, 1.165) is 24.4 Å². The first-order chi connectivity index (χ1) is 9.68. The van der Waals surface area contributed by atoms with Crippen LogP contribution in [0.1, 0.15) is 37.7 Å². The largest absolute Gasteiger partial charge is 0.364 e. The van der Waals surface area contributed by atoms with E-state index >= 15 is 0 Å². The smallest absolute Gasteiger partial charge is 0.253 e. The molecule has 1 aromatic carbocycles. The lowest BCUT2D eigenvalue weighted by molar-refractivity contribution is 0.355. The summed E-state index contributed by atoms with van der Waals surface area (Å²) in [6.07, 6.45) is 3.64. The molecule has 104 valence electrons. The fraction of sp³-hybridized carbons (Fsp3) is 0.375. The minimum absolute atomic E-state index is 0.0497.